The monoisotopic (exact) mass is 905 g/mol. The smallest absolute Gasteiger partial charge is 0.285 e. The molecule has 5 rings (SSSR count). The molecular formula is C40H33I2N3O4S. The van der Waals surface area contributed by atoms with Crippen LogP contribution < -0.4 is 10.1 Å². The highest BCUT2D eigenvalue weighted by Crippen LogP contribution is 2.29. The first-order valence-corrected chi connectivity index (χ1v) is 18.7. The predicted molar refractivity (Wildman–Crippen MR) is 218 cm³/mol. The fourth-order valence-electron chi connectivity index (χ4n) is 5.03. The zero-order valence-corrected chi connectivity index (χ0v) is 32.2. The summed E-state index contributed by atoms with van der Waals surface area (Å²) in [5, 5.41) is 3.22. The number of nitrogens with zero attached hydrogens (tertiary/aromatic N) is 2. The number of thioether (sulfide) groups is 1. The van der Waals surface area contributed by atoms with Crippen LogP contribution in [-0.4, -0.2) is 33.5 Å². The second kappa shape index (κ2) is 18.1. The summed E-state index contributed by atoms with van der Waals surface area (Å²) in [5.41, 5.74) is 3.95. The first kappa shape index (κ1) is 37.0. The molecule has 1 aliphatic rings. The van der Waals surface area contributed by atoms with Gasteiger partial charge in [0.1, 0.15) is 17.9 Å². The molecule has 1 N–H and O–H groups in total. The van der Waals surface area contributed by atoms with Crippen LogP contribution in [0.4, 0.5) is 0 Å². The number of nitrogens with one attached hydrogen (secondary N) is 1. The highest BCUT2D eigenvalue weighted by molar-refractivity contribution is 14.1. The lowest BCUT2D eigenvalue weighted by molar-refractivity contribution is -0.126. The third-order valence-corrected chi connectivity index (χ3v) is 9.99. The SMILES string of the molecule is C=C/C=C\C(=C/C)N1C(=O)/C(=C/c2ccc(OCc3ccc(I)cc3)c(I)c2)C(=O)N=C1SCC(=O)NC(c1ccccc1)c1ccccc1. The van der Waals surface area contributed by atoms with Gasteiger partial charge in [-0.05, 0) is 111 Å². The molecule has 0 saturated heterocycles. The van der Waals surface area contributed by atoms with Gasteiger partial charge >= 0.3 is 0 Å². The molecule has 0 spiro atoms. The van der Waals surface area contributed by atoms with Crippen LogP contribution in [0.25, 0.3) is 6.08 Å². The molecule has 1 aliphatic heterocycles. The van der Waals surface area contributed by atoms with Crippen LogP contribution in [0.5, 0.6) is 5.75 Å². The van der Waals surface area contributed by atoms with Crippen molar-refractivity contribution in [2.75, 3.05) is 5.75 Å². The Hall–Kier alpha value is -4.27. The Morgan fingerprint density at radius 3 is 2.22 bits per heavy atom. The van der Waals surface area contributed by atoms with Crippen molar-refractivity contribution in [3.05, 3.63) is 175 Å². The zero-order valence-electron chi connectivity index (χ0n) is 27.1. The molecule has 0 unspecified atom stereocenters. The molecule has 0 fully saturated rings. The fraction of sp³-hybridized carbons (Fsp3) is 0.100. The quantitative estimate of drug-likeness (QED) is 0.0665. The topological polar surface area (TPSA) is 88.1 Å². The van der Waals surface area contributed by atoms with Gasteiger partial charge in [-0.3, -0.25) is 19.3 Å². The van der Waals surface area contributed by atoms with Gasteiger partial charge in [-0.2, -0.15) is 4.99 Å². The maximum Gasteiger partial charge on any atom is 0.285 e. The largest absolute Gasteiger partial charge is 0.488 e. The van der Waals surface area contributed by atoms with Gasteiger partial charge in [-0.15, -0.1) is 0 Å². The molecule has 0 bridgehead atoms. The summed E-state index contributed by atoms with van der Waals surface area (Å²) in [6.07, 6.45) is 8.27. The maximum atomic E-state index is 14.1. The van der Waals surface area contributed by atoms with Crippen molar-refractivity contribution in [1.29, 1.82) is 0 Å². The predicted octanol–water partition coefficient (Wildman–Crippen LogP) is 8.87. The number of rotatable bonds is 12. The normalized spacial score (nSPS) is 14.3. The van der Waals surface area contributed by atoms with Crippen LogP contribution >= 0.6 is 56.9 Å². The zero-order chi connectivity index (χ0) is 35.5. The van der Waals surface area contributed by atoms with Crippen LogP contribution in [0.15, 0.2) is 150 Å². The van der Waals surface area contributed by atoms with Crippen LogP contribution in [0, 0.1) is 7.14 Å². The summed E-state index contributed by atoms with van der Waals surface area (Å²) in [7, 11) is 0. The van der Waals surface area contributed by atoms with Crippen LogP contribution in [0.3, 0.4) is 0 Å². The van der Waals surface area contributed by atoms with Gasteiger partial charge in [0.2, 0.25) is 5.91 Å². The van der Waals surface area contributed by atoms with E-state index in [0.29, 0.717) is 23.6 Å². The van der Waals surface area contributed by atoms with E-state index in [9.17, 15) is 14.4 Å². The lowest BCUT2D eigenvalue weighted by atomic mass is 9.99. The molecule has 0 aromatic heterocycles. The van der Waals surface area contributed by atoms with E-state index in [-0.39, 0.29) is 28.4 Å². The Labute approximate surface area is 323 Å². The van der Waals surface area contributed by atoms with Crippen LogP contribution in [-0.2, 0) is 21.0 Å². The average Bonchev–Trinajstić information content (AvgIpc) is 3.13. The van der Waals surface area contributed by atoms with Gasteiger partial charge in [0, 0.05) is 9.27 Å². The number of hydrogen-bond donors (Lipinski definition) is 1. The Morgan fingerprint density at radius 2 is 1.62 bits per heavy atom. The van der Waals surface area contributed by atoms with E-state index in [2.05, 4.69) is 62.1 Å². The highest BCUT2D eigenvalue weighted by Gasteiger charge is 2.35. The van der Waals surface area contributed by atoms with Crippen molar-refractivity contribution in [3.63, 3.8) is 0 Å². The molecule has 3 amide bonds. The highest BCUT2D eigenvalue weighted by atomic mass is 127. The van der Waals surface area contributed by atoms with Gasteiger partial charge in [0.15, 0.2) is 5.17 Å². The first-order chi connectivity index (χ1) is 24.3. The van der Waals surface area contributed by atoms with E-state index < -0.39 is 11.8 Å². The molecule has 0 aliphatic carbocycles. The third kappa shape index (κ3) is 9.70. The van der Waals surface area contributed by atoms with Crippen LogP contribution in [0.1, 0.15) is 35.2 Å². The standard InChI is InChI=1S/C40H33I2N3O4S/c1-3-5-16-32(4-2)45-39(48)33(23-28-19-22-35(34(42)24-28)49-25-27-17-20-31(41)21-18-27)38(47)44-40(45)50-26-36(46)43-37(29-12-8-6-9-13-29)30-14-10-7-11-15-30/h3-24,37H,1,25-26H2,2H3,(H,43,46)/b16-5-,32-4+,33-23+. The number of ether oxygens (including phenoxy) is 1. The Balaban J connectivity index is 1.36. The summed E-state index contributed by atoms with van der Waals surface area (Å²) < 4.78 is 8.01. The Morgan fingerprint density at radius 1 is 0.960 bits per heavy atom. The summed E-state index contributed by atoms with van der Waals surface area (Å²) >= 11 is 5.47. The number of amidine groups is 1. The Bertz CT molecular complexity index is 1950. The number of hydrogen-bond acceptors (Lipinski definition) is 5. The van der Waals surface area contributed by atoms with E-state index in [1.807, 2.05) is 97.1 Å². The molecule has 0 radical (unpaired) electrons. The van der Waals surface area contributed by atoms with Crippen molar-refractivity contribution in [2.45, 2.75) is 19.6 Å². The lowest BCUT2D eigenvalue weighted by Crippen LogP contribution is -2.42. The molecule has 4 aromatic rings. The van der Waals surface area contributed by atoms with Gasteiger partial charge < -0.3 is 10.1 Å². The second-order valence-corrected chi connectivity index (χ2v) is 14.3. The number of aliphatic imine (C=N–C) groups is 1. The van der Waals surface area contributed by atoms with Gasteiger partial charge in [0.05, 0.1) is 15.4 Å². The number of carbonyl (C=O) groups is 3. The molecule has 252 valence electrons. The summed E-state index contributed by atoms with van der Waals surface area (Å²) in [6.45, 7) is 5.93. The number of amides is 3. The van der Waals surface area contributed by atoms with Gasteiger partial charge in [0.25, 0.3) is 11.8 Å². The van der Waals surface area contributed by atoms with Crippen molar-refractivity contribution in [1.82, 2.24) is 10.2 Å². The number of benzene rings is 4. The van der Waals surface area contributed by atoms with Crippen molar-refractivity contribution in [2.24, 2.45) is 4.99 Å². The van der Waals surface area contributed by atoms with E-state index >= 15 is 0 Å². The van der Waals surface area contributed by atoms with E-state index in [1.165, 1.54) is 11.0 Å². The number of carbonyl (C=O) groups excluding carboxylic acids is 3. The van der Waals surface area contributed by atoms with E-state index in [4.69, 9.17) is 4.74 Å². The summed E-state index contributed by atoms with van der Waals surface area (Å²) in [6, 6.07) is 32.6. The molecule has 0 atom stereocenters. The van der Waals surface area contributed by atoms with Crippen molar-refractivity contribution >= 4 is 85.9 Å². The van der Waals surface area contributed by atoms with Gasteiger partial charge in [-0.1, -0.05) is 115 Å². The van der Waals surface area contributed by atoms with E-state index in [0.717, 1.165) is 35.6 Å². The first-order valence-electron chi connectivity index (χ1n) is 15.6. The molecule has 4 aromatic carbocycles. The lowest BCUT2D eigenvalue weighted by Gasteiger charge is -2.28. The average molecular weight is 906 g/mol. The van der Waals surface area contributed by atoms with Gasteiger partial charge in [-0.25, -0.2) is 0 Å². The Kier molecular flexibility index (Phi) is 13.4. The number of halogens is 2. The molecular weight excluding hydrogens is 872 g/mol. The second-order valence-electron chi connectivity index (χ2n) is 10.9. The minimum absolute atomic E-state index is 0.0743. The molecule has 1 heterocycles. The van der Waals surface area contributed by atoms with Crippen LogP contribution in [0.2, 0.25) is 0 Å². The van der Waals surface area contributed by atoms with E-state index in [1.54, 1.807) is 37.3 Å². The molecule has 10 heteroatoms. The summed E-state index contributed by atoms with van der Waals surface area (Å²) in [4.78, 5) is 46.5. The molecule has 0 saturated carbocycles. The number of allylic oxidation sites excluding steroid dienone is 4. The van der Waals surface area contributed by atoms with Crippen molar-refractivity contribution < 1.29 is 19.1 Å². The molecule has 7 nitrogen and oxygen atoms in total. The third-order valence-electron chi connectivity index (χ3n) is 7.49. The fourth-order valence-corrected chi connectivity index (χ4v) is 6.89. The molecule has 50 heavy (non-hydrogen) atoms. The maximum absolute atomic E-state index is 14.1. The van der Waals surface area contributed by atoms with Crippen molar-refractivity contribution in [3.8, 4) is 5.75 Å². The minimum atomic E-state index is -0.683. The summed E-state index contributed by atoms with van der Waals surface area (Å²) in [5.74, 6) is -0.890. The minimum Gasteiger partial charge on any atom is -0.488 e.